The maximum absolute atomic E-state index is 11.4. The monoisotopic (exact) mass is 312 g/mol. The third-order valence-corrected chi connectivity index (χ3v) is 3.18. The lowest BCUT2D eigenvalue weighted by Gasteiger charge is -2.11. The molecule has 3 N–H and O–H groups in total. The van der Waals surface area contributed by atoms with E-state index in [4.69, 9.17) is 4.74 Å². The molecule has 1 atom stereocenters. The van der Waals surface area contributed by atoms with Crippen LogP contribution in [0.1, 0.15) is 12.5 Å². The summed E-state index contributed by atoms with van der Waals surface area (Å²) in [5.41, 5.74) is 1.73. The Morgan fingerprint density at radius 3 is 2.76 bits per heavy atom. The highest BCUT2D eigenvalue weighted by Gasteiger charge is 2.07. The summed E-state index contributed by atoms with van der Waals surface area (Å²) in [5, 5.41) is 13.4. The highest BCUT2D eigenvalue weighted by molar-refractivity contribution is 5.87. The quantitative estimate of drug-likeness (QED) is 0.706. The number of methoxy groups -OCH3 is 1. The molecule has 0 saturated heterocycles. The number of ether oxygens (including phenoxy) is 1. The van der Waals surface area contributed by atoms with Gasteiger partial charge in [0.1, 0.15) is 5.75 Å². The van der Waals surface area contributed by atoms with E-state index in [0.29, 0.717) is 12.3 Å². The molecule has 0 aliphatic heterocycles. The number of aliphatic hydroxyl groups is 1. The van der Waals surface area contributed by atoms with Crippen molar-refractivity contribution in [2.24, 2.45) is 0 Å². The number of fused-ring (bicyclic) bond motifs is 1. The van der Waals surface area contributed by atoms with E-state index in [1.165, 1.54) is 6.07 Å². The van der Waals surface area contributed by atoms with Crippen LogP contribution in [-0.4, -0.2) is 36.4 Å². The van der Waals surface area contributed by atoms with Crippen LogP contribution < -0.4 is 15.6 Å². The molecule has 0 aliphatic carbocycles. The predicted molar refractivity (Wildman–Crippen MR) is 86.6 cm³/mol. The lowest BCUT2D eigenvalue weighted by Crippen LogP contribution is -2.26. The molecule has 0 bridgehead atoms. The summed E-state index contributed by atoms with van der Waals surface area (Å²) in [6, 6.07) is 7.21. The summed E-state index contributed by atoms with van der Waals surface area (Å²) in [6.45, 7) is 3.09. The van der Waals surface area contributed by atoms with Crippen molar-refractivity contribution >= 4 is 23.3 Å². The van der Waals surface area contributed by atoms with Crippen LogP contribution in [0.3, 0.4) is 0 Å². The fourth-order valence-electron chi connectivity index (χ4n) is 2.21. The van der Waals surface area contributed by atoms with E-state index in [1.54, 1.807) is 14.0 Å². The van der Waals surface area contributed by atoms with Gasteiger partial charge in [-0.2, -0.15) is 0 Å². The highest BCUT2D eigenvalue weighted by atomic mass is 35.5. The summed E-state index contributed by atoms with van der Waals surface area (Å²) in [6.07, 6.45) is 0.471. The van der Waals surface area contributed by atoms with Gasteiger partial charge in [0.2, 0.25) is 5.56 Å². The van der Waals surface area contributed by atoms with Crippen LogP contribution in [0.25, 0.3) is 10.9 Å². The molecule has 0 spiro atoms. The summed E-state index contributed by atoms with van der Waals surface area (Å²) in [4.78, 5) is 14.3. The lowest BCUT2D eigenvalue weighted by molar-refractivity contribution is 0.191. The second-order valence-corrected chi connectivity index (χ2v) is 4.84. The molecule has 21 heavy (non-hydrogen) atoms. The molecule has 5 nitrogen and oxygen atoms in total. The molecule has 1 unspecified atom stereocenters. The number of aromatic nitrogens is 1. The Hall–Kier alpha value is -1.56. The average molecular weight is 313 g/mol. The first-order valence-corrected chi connectivity index (χ1v) is 6.69. The van der Waals surface area contributed by atoms with Crippen LogP contribution in [0.15, 0.2) is 29.1 Å². The normalized spacial score (nSPS) is 12.0. The zero-order chi connectivity index (χ0) is 14.5. The van der Waals surface area contributed by atoms with Gasteiger partial charge in [-0.3, -0.25) is 4.79 Å². The number of H-pyrrole nitrogens is 1. The van der Waals surface area contributed by atoms with Crippen LogP contribution in [-0.2, 0) is 6.42 Å². The van der Waals surface area contributed by atoms with E-state index in [9.17, 15) is 9.90 Å². The van der Waals surface area contributed by atoms with Gasteiger partial charge in [-0.15, -0.1) is 12.4 Å². The Kier molecular flexibility index (Phi) is 6.68. The van der Waals surface area contributed by atoms with E-state index in [0.717, 1.165) is 29.4 Å². The molecule has 2 aromatic rings. The van der Waals surface area contributed by atoms with Crippen molar-refractivity contribution < 1.29 is 9.84 Å². The third kappa shape index (κ3) is 4.46. The van der Waals surface area contributed by atoms with Crippen LogP contribution in [0, 0.1) is 0 Å². The van der Waals surface area contributed by atoms with Crippen molar-refractivity contribution in [2.75, 3.05) is 20.2 Å². The minimum atomic E-state index is -0.348. The number of hydrogen-bond acceptors (Lipinski definition) is 4. The van der Waals surface area contributed by atoms with E-state index in [1.807, 2.05) is 18.2 Å². The second kappa shape index (κ2) is 8.02. The molecule has 1 heterocycles. The van der Waals surface area contributed by atoms with Crippen molar-refractivity contribution in [3.05, 3.63) is 40.2 Å². The summed E-state index contributed by atoms with van der Waals surface area (Å²) >= 11 is 0. The van der Waals surface area contributed by atoms with Gasteiger partial charge in [-0.25, -0.2) is 0 Å². The van der Waals surface area contributed by atoms with Gasteiger partial charge in [0, 0.05) is 18.0 Å². The van der Waals surface area contributed by atoms with Crippen LogP contribution in [0.2, 0.25) is 0 Å². The Morgan fingerprint density at radius 2 is 2.10 bits per heavy atom. The first-order chi connectivity index (χ1) is 9.61. The smallest absolute Gasteiger partial charge is 0.248 e. The van der Waals surface area contributed by atoms with Gasteiger partial charge in [-0.05, 0) is 37.6 Å². The molecule has 6 heteroatoms. The van der Waals surface area contributed by atoms with E-state index in [2.05, 4.69) is 10.3 Å². The molecule has 0 amide bonds. The van der Waals surface area contributed by atoms with Crippen molar-refractivity contribution in [1.29, 1.82) is 0 Å². The van der Waals surface area contributed by atoms with Crippen molar-refractivity contribution in [2.45, 2.75) is 19.4 Å². The molecule has 0 fully saturated rings. The van der Waals surface area contributed by atoms with E-state index in [-0.39, 0.29) is 24.1 Å². The predicted octanol–water partition coefficient (Wildman–Crippen LogP) is 1.47. The highest BCUT2D eigenvalue weighted by Crippen LogP contribution is 2.25. The van der Waals surface area contributed by atoms with Crippen LogP contribution >= 0.6 is 12.4 Å². The van der Waals surface area contributed by atoms with Crippen molar-refractivity contribution in [3.8, 4) is 5.75 Å². The molecule has 0 aliphatic rings. The first-order valence-electron chi connectivity index (χ1n) is 6.69. The van der Waals surface area contributed by atoms with E-state index >= 15 is 0 Å². The summed E-state index contributed by atoms with van der Waals surface area (Å²) in [5.74, 6) is 0.665. The standard InChI is InChI=1S/C15H20N2O3.ClH/c1-10(18)9-16-8-7-11-3-5-13(20-2)15-12(11)4-6-14(19)17-15;/h3-6,10,16,18H,7-9H2,1-2H3,(H,17,19);1H. The number of pyridine rings is 1. The lowest BCUT2D eigenvalue weighted by atomic mass is 10.0. The number of aromatic amines is 1. The van der Waals surface area contributed by atoms with Gasteiger partial charge >= 0.3 is 0 Å². The van der Waals surface area contributed by atoms with E-state index < -0.39 is 0 Å². The number of rotatable bonds is 6. The number of halogens is 1. The number of hydrogen-bond donors (Lipinski definition) is 3. The summed E-state index contributed by atoms with van der Waals surface area (Å²) < 4.78 is 5.28. The SMILES string of the molecule is COc1ccc(CCNCC(C)O)c2ccc(=O)[nH]c12.Cl. The molecule has 2 rings (SSSR count). The number of nitrogens with one attached hydrogen (secondary N) is 2. The molecular weight excluding hydrogens is 292 g/mol. The molecule has 0 radical (unpaired) electrons. The molecule has 0 saturated carbocycles. The Balaban J connectivity index is 0.00000220. The van der Waals surface area contributed by atoms with Gasteiger partial charge in [0.15, 0.2) is 0 Å². The topological polar surface area (TPSA) is 74.3 Å². The molecule has 116 valence electrons. The Morgan fingerprint density at radius 1 is 1.33 bits per heavy atom. The first kappa shape index (κ1) is 17.5. The zero-order valence-electron chi connectivity index (χ0n) is 12.2. The van der Waals surface area contributed by atoms with Gasteiger partial charge < -0.3 is 20.1 Å². The molecule has 1 aromatic carbocycles. The maximum atomic E-state index is 11.4. The largest absolute Gasteiger partial charge is 0.495 e. The minimum absolute atomic E-state index is 0. The summed E-state index contributed by atoms with van der Waals surface area (Å²) in [7, 11) is 1.59. The fourth-order valence-corrected chi connectivity index (χ4v) is 2.21. The van der Waals surface area contributed by atoms with Gasteiger partial charge in [0.25, 0.3) is 0 Å². The molecule has 1 aromatic heterocycles. The zero-order valence-corrected chi connectivity index (χ0v) is 13.0. The van der Waals surface area contributed by atoms with Crippen LogP contribution in [0.5, 0.6) is 5.75 Å². The van der Waals surface area contributed by atoms with Crippen molar-refractivity contribution in [1.82, 2.24) is 10.3 Å². The van der Waals surface area contributed by atoms with Gasteiger partial charge in [0.05, 0.1) is 18.7 Å². The third-order valence-electron chi connectivity index (χ3n) is 3.18. The number of benzene rings is 1. The van der Waals surface area contributed by atoms with Gasteiger partial charge in [-0.1, -0.05) is 6.07 Å². The average Bonchev–Trinajstić information content (AvgIpc) is 2.43. The Labute approximate surface area is 129 Å². The van der Waals surface area contributed by atoms with Crippen molar-refractivity contribution in [3.63, 3.8) is 0 Å². The van der Waals surface area contributed by atoms with Crippen LogP contribution in [0.4, 0.5) is 0 Å². The number of aliphatic hydroxyl groups excluding tert-OH is 1. The maximum Gasteiger partial charge on any atom is 0.248 e. The fraction of sp³-hybridized carbons (Fsp3) is 0.400. The molecular formula is C15H21ClN2O3. The second-order valence-electron chi connectivity index (χ2n) is 4.84. The Bertz CT molecular complexity index is 640. The minimum Gasteiger partial charge on any atom is -0.495 e.